The Kier molecular flexibility index (Phi) is 9.74. The van der Waals surface area contributed by atoms with E-state index >= 15 is 0 Å². The quantitative estimate of drug-likeness (QED) is 0.789. The van der Waals surface area contributed by atoms with Crippen LogP contribution in [-0.4, -0.2) is 16.0 Å². The van der Waals surface area contributed by atoms with Gasteiger partial charge >= 0.3 is 16.0 Å². The Balaban J connectivity index is 0.000000292. The average molecular weight is 290 g/mol. The molecule has 0 unspecified atom stereocenters. The van der Waals surface area contributed by atoms with Crippen molar-refractivity contribution in [3.63, 3.8) is 0 Å². The van der Waals surface area contributed by atoms with Gasteiger partial charge in [-0.1, -0.05) is 24.3 Å². The van der Waals surface area contributed by atoms with Crippen molar-refractivity contribution in [3.05, 3.63) is 35.9 Å². The van der Waals surface area contributed by atoms with E-state index in [1.54, 1.807) is 0 Å². The lowest BCUT2D eigenvalue weighted by Crippen LogP contribution is -1.94. The van der Waals surface area contributed by atoms with Crippen LogP contribution < -0.4 is 5.73 Å². The molecule has 0 aliphatic rings. The van der Waals surface area contributed by atoms with Gasteiger partial charge in [0.25, 0.3) is 0 Å². The summed E-state index contributed by atoms with van der Waals surface area (Å²) < 4.78 is 0. The number of benzene rings is 1. The first-order chi connectivity index (χ1) is 5.35. The third kappa shape index (κ3) is 7.27. The summed E-state index contributed by atoms with van der Waals surface area (Å²) in [7, 11) is 0. The lowest BCUT2D eigenvalue weighted by Gasteiger charge is -1.89. The summed E-state index contributed by atoms with van der Waals surface area (Å²) in [6.45, 7) is 0.620. The molecule has 1 rings (SSSR count). The Labute approximate surface area is 89.2 Å². The average Bonchev–Trinajstić information content (AvgIpc) is 2.08. The normalized spacial score (nSPS) is 7.55. The molecule has 0 saturated heterocycles. The van der Waals surface area contributed by atoms with Crippen LogP contribution in [0.15, 0.2) is 24.3 Å². The standard InChI is InChI=1S/C7H8N.2BrH.Mg/c8-6-7-4-2-1-3-5-7;;;/h2-5H,6,8H2;2*1H;/q;;;+2/p-2. The minimum Gasteiger partial charge on any atom is -0.326 e. The molecular weight excluding hydrogens is 282 g/mol. The highest BCUT2D eigenvalue weighted by atomic mass is 79.9. The molecule has 2 N–H and O–H groups in total. The Bertz CT molecular complexity index is 169. The topological polar surface area (TPSA) is 26.0 Å². The number of rotatable bonds is 1. The van der Waals surface area contributed by atoms with Gasteiger partial charge in [-0.05, 0) is 11.6 Å². The van der Waals surface area contributed by atoms with Crippen LogP contribution in [0.25, 0.3) is 0 Å². The Morgan fingerprint density at radius 2 is 1.82 bits per heavy atom. The summed E-state index contributed by atoms with van der Waals surface area (Å²) in [5, 5.41) is 0. The highest BCUT2D eigenvalue weighted by molar-refractivity contribution is 9.47. The fourth-order valence-corrected chi connectivity index (χ4v) is 0.557. The second-order valence-electron chi connectivity index (χ2n) is 1.71. The molecule has 1 radical (unpaired) electrons. The van der Waals surface area contributed by atoms with E-state index in [0.717, 1.165) is 5.56 Å². The lowest BCUT2D eigenvalue weighted by molar-refractivity contribution is 1.07. The van der Waals surface area contributed by atoms with Crippen LogP contribution in [-0.2, 0) is 6.54 Å². The molecule has 0 fully saturated rings. The summed E-state index contributed by atoms with van der Waals surface area (Å²) in [6.07, 6.45) is 0. The van der Waals surface area contributed by atoms with Crippen LogP contribution in [0.1, 0.15) is 5.56 Å². The smallest absolute Gasteiger partial charge is 0.326 e. The highest BCUT2D eigenvalue weighted by Crippen LogP contribution is 1.93. The molecule has 0 amide bonds. The van der Waals surface area contributed by atoms with Gasteiger partial charge in [0, 0.05) is 6.54 Å². The largest absolute Gasteiger partial charge is 0.560 e. The van der Waals surface area contributed by atoms with E-state index in [1.165, 1.54) is 0 Å². The van der Waals surface area contributed by atoms with Gasteiger partial charge in [-0.15, -0.1) is 0 Å². The second-order valence-corrected chi connectivity index (χ2v) is 9.79. The van der Waals surface area contributed by atoms with Gasteiger partial charge in [0.1, 0.15) is 0 Å². The molecule has 1 aromatic carbocycles. The molecule has 0 aromatic heterocycles. The maximum absolute atomic E-state index is 5.34. The third-order valence-electron chi connectivity index (χ3n) is 1.02. The summed E-state index contributed by atoms with van der Waals surface area (Å²) in [5.41, 5.74) is 6.49. The molecule has 4 heteroatoms. The zero-order valence-electron chi connectivity index (χ0n) is 6.06. The van der Waals surface area contributed by atoms with Gasteiger partial charge < -0.3 is 5.73 Å². The van der Waals surface area contributed by atoms with E-state index in [-0.39, 0.29) is 16.0 Å². The first-order valence-corrected chi connectivity index (χ1v) is 10.9. The molecule has 0 aliphatic heterocycles. The summed E-state index contributed by atoms with van der Waals surface area (Å²) in [4.78, 5) is 0. The van der Waals surface area contributed by atoms with Crippen LogP contribution in [0.3, 0.4) is 0 Å². The molecule has 0 bridgehead atoms. The van der Waals surface area contributed by atoms with Gasteiger partial charge in [-0.3, -0.25) is 25.8 Å². The van der Waals surface area contributed by atoms with E-state index < -0.39 is 0 Å². The Morgan fingerprint density at radius 3 is 2.09 bits per heavy atom. The second kappa shape index (κ2) is 9.00. The van der Waals surface area contributed by atoms with E-state index in [0.29, 0.717) is 6.54 Å². The van der Waals surface area contributed by atoms with Crippen LogP contribution in [0.4, 0.5) is 0 Å². The van der Waals surface area contributed by atoms with Gasteiger partial charge in [-0.25, -0.2) is 0 Å². The molecule has 0 spiro atoms. The van der Waals surface area contributed by atoms with Crippen LogP contribution >= 0.6 is 25.8 Å². The maximum atomic E-state index is 5.34. The van der Waals surface area contributed by atoms with Crippen molar-refractivity contribution < 1.29 is 0 Å². The van der Waals surface area contributed by atoms with Crippen LogP contribution in [0, 0.1) is 6.07 Å². The fraction of sp³-hybridized carbons (Fsp3) is 0.143. The van der Waals surface area contributed by atoms with Crippen LogP contribution in [0.5, 0.6) is 0 Å². The van der Waals surface area contributed by atoms with Crippen molar-refractivity contribution >= 4 is 41.8 Å². The van der Waals surface area contributed by atoms with Gasteiger partial charge in [0.2, 0.25) is 0 Å². The van der Waals surface area contributed by atoms with Crippen molar-refractivity contribution in [3.8, 4) is 0 Å². The Hall–Kier alpha value is 0.906. The predicted octanol–water partition coefficient (Wildman–Crippen LogP) is 2.26. The van der Waals surface area contributed by atoms with Crippen molar-refractivity contribution in [2.75, 3.05) is 0 Å². The lowest BCUT2D eigenvalue weighted by atomic mass is 10.2. The summed E-state index contributed by atoms with van der Waals surface area (Å²) in [6, 6.07) is 10.6. The molecule has 11 heavy (non-hydrogen) atoms. The minimum absolute atomic E-state index is 0.0417. The zero-order chi connectivity index (χ0) is 8.53. The molecule has 1 nitrogen and oxygen atoms in total. The van der Waals surface area contributed by atoms with Gasteiger partial charge in [0.15, 0.2) is 0 Å². The number of hydrogen-bond acceptors (Lipinski definition) is 1. The Morgan fingerprint density at radius 1 is 1.36 bits per heavy atom. The number of nitrogens with two attached hydrogens (primary N) is 1. The predicted molar refractivity (Wildman–Crippen MR) is 56.8 cm³/mol. The van der Waals surface area contributed by atoms with Crippen LogP contribution in [0.2, 0.25) is 0 Å². The molecule has 1 aromatic rings. The van der Waals surface area contributed by atoms with Crippen molar-refractivity contribution in [1.82, 2.24) is 0 Å². The highest BCUT2D eigenvalue weighted by Gasteiger charge is 1.80. The number of hydrogen-bond donors (Lipinski definition) is 1. The van der Waals surface area contributed by atoms with Gasteiger partial charge in [-0.2, -0.15) is 0 Å². The SMILES string of the molecule is NCc1cc[c]cc1.[Br][Mg][Br]. The minimum atomic E-state index is 0.0417. The first kappa shape index (κ1) is 11.9. The molecule has 0 aliphatic carbocycles. The molecule has 0 saturated carbocycles. The molecule has 0 atom stereocenters. The van der Waals surface area contributed by atoms with Gasteiger partial charge in [0.05, 0.1) is 0 Å². The zero-order valence-corrected chi connectivity index (χ0v) is 10.6. The third-order valence-corrected chi connectivity index (χ3v) is 1.02. The summed E-state index contributed by atoms with van der Waals surface area (Å²) in [5.74, 6) is 0. The van der Waals surface area contributed by atoms with E-state index in [1.807, 2.05) is 24.3 Å². The number of halogens is 2. The first-order valence-electron chi connectivity index (χ1n) is 3.12. The molecule has 57 valence electrons. The fourth-order valence-electron chi connectivity index (χ4n) is 0.557. The molecular formula is C7H8Br2MgN. The van der Waals surface area contributed by atoms with Crippen molar-refractivity contribution in [2.24, 2.45) is 5.73 Å². The summed E-state index contributed by atoms with van der Waals surface area (Å²) >= 11 is 6.44. The van der Waals surface area contributed by atoms with Crippen molar-refractivity contribution in [2.45, 2.75) is 6.54 Å². The molecule has 0 heterocycles. The maximum Gasteiger partial charge on any atom is 0.560 e. The van der Waals surface area contributed by atoms with E-state index in [2.05, 4.69) is 31.8 Å². The monoisotopic (exact) mass is 288 g/mol. The van der Waals surface area contributed by atoms with E-state index in [9.17, 15) is 0 Å². The van der Waals surface area contributed by atoms with E-state index in [4.69, 9.17) is 5.73 Å². The van der Waals surface area contributed by atoms with Crippen molar-refractivity contribution in [1.29, 1.82) is 0 Å².